The van der Waals surface area contributed by atoms with Crippen LogP contribution < -0.4 is 10.1 Å². The molecule has 0 saturated heterocycles. The average molecular weight is 348 g/mol. The fourth-order valence-corrected chi connectivity index (χ4v) is 3.34. The number of hydrogen-bond donors (Lipinski definition) is 1. The molecule has 1 amide bonds. The first-order chi connectivity index (χ1) is 11.4. The standard InChI is InChI=1S/C18H22ClN3O2/c1-12-17(13(2)22(3)21-12)24-10-16(23)20-11-18(8-9-18)14-6-4-5-7-15(14)19/h4-7H,8-11H2,1-3H3,(H,20,23). The fraction of sp³-hybridized carbons (Fsp3) is 0.444. The van der Waals surface area contributed by atoms with Gasteiger partial charge in [0, 0.05) is 24.0 Å². The molecule has 0 radical (unpaired) electrons. The molecule has 0 spiro atoms. The maximum Gasteiger partial charge on any atom is 0.257 e. The largest absolute Gasteiger partial charge is 0.480 e. The normalized spacial score (nSPS) is 15.2. The summed E-state index contributed by atoms with van der Waals surface area (Å²) < 4.78 is 7.39. The van der Waals surface area contributed by atoms with Gasteiger partial charge in [-0.15, -0.1) is 0 Å². The van der Waals surface area contributed by atoms with Gasteiger partial charge in [-0.1, -0.05) is 29.8 Å². The molecule has 2 aromatic rings. The number of halogens is 1. The quantitative estimate of drug-likeness (QED) is 0.874. The molecule has 1 aliphatic carbocycles. The molecule has 1 heterocycles. The molecular weight excluding hydrogens is 326 g/mol. The second kappa shape index (κ2) is 6.48. The number of carbonyl (C=O) groups excluding carboxylic acids is 1. The van der Waals surface area contributed by atoms with E-state index < -0.39 is 0 Å². The lowest BCUT2D eigenvalue weighted by atomic mass is 9.96. The topological polar surface area (TPSA) is 56.2 Å². The lowest BCUT2D eigenvalue weighted by Gasteiger charge is -2.18. The van der Waals surface area contributed by atoms with Crippen LogP contribution >= 0.6 is 11.6 Å². The number of benzene rings is 1. The van der Waals surface area contributed by atoms with E-state index in [2.05, 4.69) is 10.4 Å². The van der Waals surface area contributed by atoms with E-state index in [1.54, 1.807) is 4.68 Å². The molecule has 128 valence electrons. The van der Waals surface area contributed by atoms with E-state index in [0.717, 1.165) is 34.8 Å². The van der Waals surface area contributed by atoms with E-state index in [0.29, 0.717) is 12.3 Å². The summed E-state index contributed by atoms with van der Waals surface area (Å²) in [6.45, 7) is 4.37. The number of aromatic nitrogens is 2. The van der Waals surface area contributed by atoms with Crippen molar-refractivity contribution in [3.05, 3.63) is 46.2 Å². The fourth-order valence-electron chi connectivity index (χ4n) is 3.00. The van der Waals surface area contributed by atoms with Crippen LogP contribution in [0.3, 0.4) is 0 Å². The molecule has 3 rings (SSSR count). The summed E-state index contributed by atoms with van der Waals surface area (Å²) in [5, 5.41) is 8.02. The number of nitrogens with one attached hydrogen (secondary N) is 1. The Hall–Kier alpha value is -2.01. The summed E-state index contributed by atoms with van der Waals surface area (Å²) in [4.78, 5) is 12.1. The van der Waals surface area contributed by atoms with Gasteiger partial charge in [0.1, 0.15) is 5.69 Å². The summed E-state index contributed by atoms with van der Waals surface area (Å²) >= 11 is 6.30. The van der Waals surface area contributed by atoms with Crippen LogP contribution in [0, 0.1) is 13.8 Å². The van der Waals surface area contributed by atoms with Crippen LogP contribution in [0.4, 0.5) is 0 Å². The molecule has 1 N–H and O–H groups in total. The maximum atomic E-state index is 12.1. The number of aryl methyl sites for hydroxylation is 2. The van der Waals surface area contributed by atoms with E-state index in [1.807, 2.05) is 45.2 Å². The Balaban J connectivity index is 1.56. The first-order valence-electron chi connectivity index (χ1n) is 8.08. The molecule has 0 bridgehead atoms. The third kappa shape index (κ3) is 3.26. The zero-order chi connectivity index (χ0) is 17.3. The van der Waals surface area contributed by atoms with Crippen LogP contribution in [-0.4, -0.2) is 28.8 Å². The van der Waals surface area contributed by atoms with Crippen molar-refractivity contribution in [2.45, 2.75) is 32.1 Å². The minimum Gasteiger partial charge on any atom is -0.480 e. The van der Waals surface area contributed by atoms with Crippen molar-refractivity contribution < 1.29 is 9.53 Å². The molecule has 6 heteroatoms. The lowest BCUT2D eigenvalue weighted by molar-refractivity contribution is -0.123. The highest BCUT2D eigenvalue weighted by atomic mass is 35.5. The smallest absolute Gasteiger partial charge is 0.257 e. The molecule has 0 unspecified atom stereocenters. The number of nitrogens with zero attached hydrogens (tertiary/aromatic N) is 2. The van der Waals surface area contributed by atoms with Crippen molar-refractivity contribution in [1.29, 1.82) is 0 Å². The van der Waals surface area contributed by atoms with E-state index in [-0.39, 0.29) is 17.9 Å². The minimum absolute atomic E-state index is 0.00796. The predicted molar refractivity (Wildman–Crippen MR) is 93.6 cm³/mol. The van der Waals surface area contributed by atoms with Crippen LogP contribution in [0.15, 0.2) is 24.3 Å². The lowest BCUT2D eigenvalue weighted by Crippen LogP contribution is -2.35. The van der Waals surface area contributed by atoms with Crippen molar-refractivity contribution in [1.82, 2.24) is 15.1 Å². The molecule has 1 aromatic carbocycles. The van der Waals surface area contributed by atoms with Gasteiger partial charge in [0.15, 0.2) is 12.4 Å². The van der Waals surface area contributed by atoms with Gasteiger partial charge in [-0.25, -0.2) is 0 Å². The molecule has 1 saturated carbocycles. The summed E-state index contributed by atoms with van der Waals surface area (Å²) in [6.07, 6.45) is 2.08. The third-order valence-electron chi connectivity index (χ3n) is 4.71. The Morgan fingerprint density at radius 2 is 2.08 bits per heavy atom. The summed E-state index contributed by atoms with van der Waals surface area (Å²) in [7, 11) is 1.86. The van der Waals surface area contributed by atoms with E-state index >= 15 is 0 Å². The first-order valence-corrected chi connectivity index (χ1v) is 8.45. The van der Waals surface area contributed by atoms with Gasteiger partial charge in [0.2, 0.25) is 0 Å². The van der Waals surface area contributed by atoms with Gasteiger partial charge in [-0.2, -0.15) is 5.10 Å². The van der Waals surface area contributed by atoms with Crippen LogP contribution in [0.2, 0.25) is 5.02 Å². The third-order valence-corrected chi connectivity index (χ3v) is 5.04. The summed E-state index contributed by atoms with van der Waals surface area (Å²) in [6, 6.07) is 7.85. The van der Waals surface area contributed by atoms with Gasteiger partial charge in [-0.3, -0.25) is 9.48 Å². The van der Waals surface area contributed by atoms with Crippen molar-refractivity contribution in [3.8, 4) is 5.75 Å². The Kier molecular flexibility index (Phi) is 4.54. The number of hydrogen-bond acceptors (Lipinski definition) is 3. The number of rotatable bonds is 6. The summed E-state index contributed by atoms with van der Waals surface area (Å²) in [5.74, 6) is 0.552. The van der Waals surface area contributed by atoms with Gasteiger partial charge in [0.05, 0.1) is 5.69 Å². The van der Waals surface area contributed by atoms with Crippen molar-refractivity contribution in [3.63, 3.8) is 0 Å². The van der Waals surface area contributed by atoms with Crippen molar-refractivity contribution in [2.75, 3.05) is 13.2 Å². The average Bonchev–Trinajstić information content (AvgIpc) is 3.29. The highest BCUT2D eigenvalue weighted by Gasteiger charge is 2.45. The molecule has 0 atom stereocenters. The van der Waals surface area contributed by atoms with E-state index in [9.17, 15) is 4.79 Å². The second-order valence-corrected chi connectivity index (χ2v) is 6.86. The molecular formula is C18H22ClN3O2. The van der Waals surface area contributed by atoms with Crippen LogP contribution in [0.5, 0.6) is 5.75 Å². The van der Waals surface area contributed by atoms with Gasteiger partial charge in [0.25, 0.3) is 5.91 Å². The van der Waals surface area contributed by atoms with Crippen molar-refractivity contribution in [2.24, 2.45) is 7.05 Å². The maximum absolute atomic E-state index is 12.1. The highest BCUT2D eigenvalue weighted by Crippen LogP contribution is 2.49. The molecule has 24 heavy (non-hydrogen) atoms. The van der Waals surface area contributed by atoms with Gasteiger partial charge < -0.3 is 10.1 Å². The number of ether oxygens (including phenoxy) is 1. The molecule has 1 fully saturated rings. The second-order valence-electron chi connectivity index (χ2n) is 6.45. The Morgan fingerprint density at radius 1 is 1.38 bits per heavy atom. The van der Waals surface area contributed by atoms with E-state index in [1.165, 1.54) is 0 Å². The Bertz CT molecular complexity index is 766. The Labute approximate surface area is 147 Å². The zero-order valence-corrected chi connectivity index (χ0v) is 15.0. The predicted octanol–water partition coefficient (Wildman–Crippen LogP) is 2.92. The highest BCUT2D eigenvalue weighted by molar-refractivity contribution is 6.31. The van der Waals surface area contributed by atoms with E-state index in [4.69, 9.17) is 16.3 Å². The van der Waals surface area contributed by atoms with Crippen LogP contribution in [0.25, 0.3) is 0 Å². The molecule has 1 aliphatic rings. The molecule has 1 aromatic heterocycles. The zero-order valence-electron chi connectivity index (χ0n) is 14.2. The Morgan fingerprint density at radius 3 is 2.67 bits per heavy atom. The minimum atomic E-state index is -0.129. The number of carbonyl (C=O) groups is 1. The van der Waals surface area contributed by atoms with Crippen LogP contribution in [-0.2, 0) is 17.3 Å². The molecule has 0 aliphatic heterocycles. The van der Waals surface area contributed by atoms with Gasteiger partial charge in [-0.05, 0) is 38.3 Å². The SMILES string of the molecule is Cc1nn(C)c(C)c1OCC(=O)NCC1(c2ccccc2Cl)CC1. The van der Waals surface area contributed by atoms with Crippen molar-refractivity contribution >= 4 is 17.5 Å². The monoisotopic (exact) mass is 347 g/mol. The molecule has 5 nitrogen and oxygen atoms in total. The van der Waals surface area contributed by atoms with Gasteiger partial charge >= 0.3 is 0 Å². The van der Waals surface area contributed by atoms with Crippen LogP contribution in [0.1, 0.15) is 29.8 Å². The number of amides is 1. The summed E-state index contributed by atoms with van der Waals surface area (Å²) in [5.41, 5.74) is 2.80. The first kappa shape index (κ1) is 16.8.